The highest BCUT2D eigenvalue weighted by Gasteiger charge is 2.22. The van der Waals surface area contributed by atoms with Crippen molar-refractivity contribution in [2.75, 3.05) is 26.3 Å². The number of likely N-dealkylation sites (tertiary alicyclic amines) is 1. The Bertz CT molecular complexity index is 187. The molecule has 1 atom stereocenters. The zero-order valence-corrected chi connectivity index (χ0v) is 8.09. The van der Waals surface area contributed by atoms with Gasteiger partial charge in [-0.05, 0) is 19.3 Å². The lowest BCUT2D eigenvalue weighted by Crippen LogP contribution is -2.38. The number of amidine groups is 1. The van der Waals surface area contributed by atoms with Crippen LogP contribution < -0.4 is 0 Å². The summed E-state index contributed by atoms with van der Waals surface area (Å²) in [4.78, 5) is 2.24. The maximum atomic E-state index is 7.79. The average Bonchev–Trinajstić information content (AvgIpc) is 2.61. The topological polar surface area (TPSA) is 36.3 Å². The van der Waals surface area contributed by atoms with Crippen molar-refractivity contribution in [3.63, 3.8) is 0 Å². The molecule has 74 valence electrons. The molecule has 0 aromatic rings. The molecule has 0 aromatic carbocycles. The summed E-state index contributed by atoms with van der Waals surface area (Å²) in [6.07, 6.45) is 4.63. The van der Waals surface area contributed by atoms with Gasteiger partial charge < -0.3 is 9.64 Å². The maximum Gasteiger partial charge on any atom is 0.0957 e. The van der Waals surface area contributed by atoms with E-state index < -0.39 is 0 Å². The third-order valence-electron chi connectivity index (χ3n) is 2.98. The molecule has 0 amide bonds. The van der Waals surface area contributed by atoms with Gasteiger partial charge in [0, 0.05) is 32.0 Å². The van der Waals surface area contributed by atoms with Crippen LogP contribution in [-0.2, 0) is 4.74 Å². The monoisotopic (exact) mass is 182 g/mol. The Labute approximate surface area is 79.6 Å². The van der Waals surface area contributed by atoms with Crippen molar-refractivity contribution in [3.05, 3.63) is 0 Å². The molecule has 2 aliphatic heterocycles. The lowest BCUT2D eigenvalue weighted by molar-refractivity contribution is 0.178. The minimum absolute atomic E-state index is 0.679. The van der Waals surface area contributed by atoms with Crippen molar-refractivity contribution in [2.45, 2.75) is 25.7 Å². The van der Waals surface area contributed by atoms with Crippen LogP contribution in [0.5, 0.6) is 0 Å². The molecule has 13 heavy (non-hydrogen) atoms. The van der Waals surface area contributed by atoms with E-state index in [2.05, 4.69) is 4.90 Å². The molecule has 2 fully saturated rings. The smallest absolute Gasteiger partial charge is 0.0957 e. The van der Waals surface area contributed by atoms with E-state index in [-0.39, 0.29) is 0 Å². The Kier molecular flexibility index (Phi) is 2.83. The van der Waals surface area contributed by atoms with Crippen LogP contribution >= 0.6 is 0 Å². The fraction of sp³-hybridized carbons (Fsp3) is 0.900. The van der Waals surface area contributed by atoms with Gasteiger partial charge in [0.25, 0.3) is 0 Å². The third kappa shape index (κ3) is 2.21. The number of nitrogens with one attached hydrogen (secondary N) is 1. The molecule has 2 heterocycles. The van der Waals surface area contributed by atoms with Crippen molar-refractivity contribution in [2.24, 2.45) is 5.92 Å². The lowest BCUT2D eigenvalue weighted by Gasteiger charge is -2.31. The van der Waals surface area contributed by atoms with Gasteiger partial charge in [-0.2, -0.15) is 0 Å². The number of hydrogen-bond acceptors (Lipinski definition) is 2. The summed E-state index contributed by atoms with van der Waals surface area (Å²) in [7, 11) is 0. The summed E-state index contributed by atoms with van der Waals surface area (Å²) in [5.41, 5.74) is 0. The van der Waals surface area contributed by atoms with Gasteiger partial charge in [0.15, 0.2) is 0 Å². The molecule has 2 aliphatic rings. The van der Waals surface area contributed by atoms with Gasteiger partial charge in [0.05, 0.1) is 12.4 Å². The van der Waals surface area contributed by atoms with Crippen LogP contribution in [0.4, 0.5) is 0 Å². The molecule has 1 N–H and O–H groups in total. The summed E-state index contributed by atoms with van der Waals surface area (Å²) < 4.78 is 5.34. The van der Waals surface area contributed by atoms with Crippen LogP contribution in [0.3, 0.4) is 0 Å². The third-order valence-corrected chi connectivity index (χ3v) is 2.98. The summed E-state index contributed by atoms with van der Waals surface area (Å²) in [5.74, 6) is 1.52. The fourth-order valence-corrected chi connectivity index (χ4v) is 2.13. The number of rotatable bonds is 2. The first-order valence-corrected chi connectivity index (χ1v) is 5.26. The van der Waals surface area contributed by atoms with E-state index in [1.54, 1.807) is 0 Å². The van der Waals surface area contributed by atoms with Crippen molar-refractivity contribution in [3.8, 4) is 0 Å². The van der Waals surface area contributed by atoms with E-state index in [4.69, 9.17) is 10.1 Å². The maximum absolute atomic E-state index is 7.79. The summed E-state index contributed by atoms with van der Waals surface area (Å²) in [5, 5.41) is 7.79. The molecule has 0 spiro atoms. The van der Waals surface area contributed by atoms with Gasteiger partial charge in [-0.3, -0.25) is 5.41 Å². The zero-order chi connectivity index (χ0) is 9.10. The molecule has 2 saturated heterocycles. The highest BCUT2D eigenvalue weighted by molar-refractivity contribution is 5.79. The Morgan fingerprint density at radius 2 is 2.38 bits per heavy atom. The van der Waals surface area contributed by atoms with E-state index in [9.17, 15) is 0 Å². The Balaban J connectivity index is 1.81. The molecule has 0 bridgehead atoms. The quantitative estimate of drug-likeness (QED) is 0.702. The molecular formula is C10H18N2O. The van der Waals surface area contributed by atoms with Crippen molar-refractivity contribution < 1.29 is 4.74 Å². The first-order valence-electron chi connectivity index (χ1n) is 5.26. The van der Waals surface area contributed by atoms with Crippen LogP contribution in [0, 0.1) is 11.3 Å². The molecule has 0 aromatic heterocycles. The van der Waals surface area contributed by atoms with Crippen molar-refractivity contribution in [1.29, 1.82) is 5.41 Å². The molecule has 0 saturated carbocycles. The highest BCUT2D eigenvalue weighted by Crippen LogP contribution is 2.17. The molecule has 3 heteroatoms. The highest BCUT2D eigenvalue weighted by atomic mass is 16.5. The van der Waals surface area contributed by atoms with Gasteiger partial charge in [-0.25, -0.2) is 0 Å². The van der Waals surface area contributed by atoms with E-state index >= 15 is 0 Å². The standard InChI is InChI=1S/C10H18N2O/c11-10-3-1-2-5-12(10)7-9-4-6-13-8-9/h9,11H,1-8H2. The Hall–Kier alpha value is -0.570. The first-order chi connectivity index (χ1) is 6.36. The number of ether oxygens (including phenoxy) is 1. The van der Waals surface area contributed by atoms with E-state index in [1.807, 2.05) is 0 Å². The first kappa shape index (κ1) is 9.00. The van der Waals surface area contributed by atoms with Gasteiger partial charge in [-0.1, -0.05) is 0 Å². The molecular weight excluding hydrogens is 164 g/mol. The SMILES string of the molecule is N=C1CCCCN1CC1CCOC1. The lowest BCUT2D eigenvalue weighted by atomic mass is 10.1. The normalized spacial score (nSPS) is 29.7. The second kappa shape index (κ2) is 4.09. The van der Waals surface area contributed by atoms with E-state index in [0.717, 1.165) is 38.6 Å². The zero-order valence-electron chi connectivity index (χ0n) is 8.09. The summed E-state index contributed by atoms with van der Waals surface area (Å²) in [6, 6.07) is 0. The van der Waals surface area contributed by atoms with Gasteiger partial charge >= 0.3 is 0 Å². The molecule has 2 rings (SSSR count). The minimum atomic E-state index is 0.679. The second-order valence-electron chi connectivity index (χ2n) is 4.08. The fourth-order valence-electron chi connectivity index (χ4n) is 2.13. The Morgan fingerprint density at radius 1 is 1.46 bits per heavy atom. The molecule has 1 unspecified atom stereocenters. The molecule has 0 radical (unpaired) electrons. The van der Waals surface area contributed by atoms with E-state index in [0.29, 0.717) is 5.92 Å². The van der Waals surface area contributed by atoms with Gasteiger partial charge in [0.2, 0.25) is 0 Å². The second-order valence-corrected chi connectivity index (χ2v) is 4.08. The summed E-state index contributed by atoms with van der Waals surface area (Å²) >= 11 is 0. The van der Waals surface area contributed by atoms with Crippen LogP contribution in [0.2, 0.25) is 0 Å². The number of nitrogens with zero attached hydrogens (tertiary/aromatic N) is 1. The van der Waals surface area contributed by atoms with Crippen LogP contribution in [0.15, 0.2) is 0 Å². The van der Waals surface area contributed by atoms with Gasteiger partial charge in [0.1, 0.15) is 0 Å². The molecule has 0 aliphatic carbocycles. The van der Waals surface area contributed by atoms with Crippen LogP contribution in [-0.4, -0.2) is 37.0 Å². The predicted octanol–water partition coefficient (Wildman–Crippen LogP) is 1.49. The largest absolute Gasteiger partial charge is 0.381 e. The van der Waals surface area contributed by atoms with Gasteiger partial charge in [-0.15, -0.1) is 0 Å². The minimum Gasteiger partial charge on any atom is -0.381 e. The van der Waals surface area contributed by atoms with Crippen molar-refractivity contribution >= 4 is 5.84 Å². The summed E-state index contributed by atoms with van der Waals surface area (Å²) in [6.45, 7) is 3.98. The predicted molar refractivity (Wildman–Crippen MR) is 52.1 cm³/mol. The number of hydrogen-bond donors (Lipinski definition) is 1. The van der Waals surface area contributed by atoms with E-state index in [1.165, 1.54) is 19.3 Å². The molecule has 3 nitrogen and oxygen atoms in total. The Morgan fingerprint density at radius 3 is 3.08 bits per heavy atom. The van der Waals surface area contributed by atoms with Crippen molar-refractivity contribution in [1.82, 2.24) is 4.90 Å². The van der Waals surface area contributed by atoms with Crippen LogP contribution in [0.25, 0.3) is 0 Å². The number of piperidine rings is 1. The van der Waals surface area contributed by atoms with Crippen LogP contribution in [0.1, 0.15) is 25.7 Å². The average molecular weight is 182 g/mol.